The zero-order valence-corrected chi connectivity index (χ0v) is 13.5. The molecule has 0 saturated heterocycles. The van der Waals surface area contributed by atoms with E-state index >= 15 is 0 Å². The van der Waals surface area contributed by atoms with Crippen molar-refractivity contribution in [3.05, 3.63) is 35.9 Å². The van der Waals surface area contributed by atoms with Gasteiger partial charge in [0.25, 0.3) is 0 Å². The number of carboxylic acid groups (broad SMARTS) is 1. The van der Waals surface area contributed by atoms with Gasteiger partial charge in [0.1, 0.15) is 5.54 Å². The largest absolute Gasteiger partial charge is 0.480 e. The molecule has 2 atom stereocenters. The summed E-state index contributed by atoms with van der Waals surface area (Å²) in [5, 5.41) is 9.56. The van der Waals surface area contributed by atoms with Crippen LogP contribution in [-0.4, -0.2) is 27.7 Å². The third kappa shape index (κ3) is 4.19. The maximum atomic E-state index is 12.6. The molecule has 1 saturated carbocycles. The van der Waals surface area contributed by atoms with Crippen LogP contribution < -0.4 is 5.73 Å². The molecule has 0 radical (unpaired) electrons. The van der Waals surface area contributed by atoms with Crippen LogP contribution in [0.1, 0.15) is 37.7 Å². The first kappa shape index (κ1) is 17.2. The molecular weight excluding hydrogens is 301 g/mol. The Bertz CT molecular complexity index is 557. The van der Waals surface area contributed by atoms with E-state index in [1.54, 1.807) is 24.3 Å². The van der Waals surface area contributed by atoms with Gasteiger partial charge in [-0.05, 0) is 24.3 Å². The van der Waals surface area contributed by atoms with Crippen LogP contribution in [0.15, 0.2) is 30.3 Å². The van der Waals surface area contributed by atoms with Gasteiger partial charge in [-0.1, -0.05) is 49.6 Å². The summed E-state index contributed by atoms with van der Waals surface area (Å²) in [6.07, 6.45) is 3.98. The normalized spacial score (nSPS) is 21.7. The van der Waals surface area contributed by atoms with Crippen LogP contribution in [0.25, 0.3) is 0 Å². The van der Waals surface area contributed by atoms with Crippen LogP contribution in [0.4, 0.5) is 0 Å². The molecule has 0 amide bonds. The molecule has 0 aromatic heterocycles. The number of carbonyl (C=O) groups is 1. The Hall–Kier alpha value is -1.16. The van der Waals surface area contributed by atoms with E-state index < -0.39 is 18.9 Å². The Labute approximate surface area is 131 Å². The molecule has 1 aromatic rings. The molecular formula is C16H24NO4P. The van der Waals surface area contributed by atoms with Crippen LogP contribution in [0, 0.1) is 5.92 Å². The zero-order valence-electron chi connectivity index (χ0n) is 12.6. The van der Waals surface area contributed by atoms with E-state index in [-0.39, 0.29) is 18.2 Å². The number of carboxylic acids is 1. The number of nitrogens with two attached hydrogens (primary N) is 1. The molecule has 0 aliphatic heterocycles. The summed E-state index contributed by atoms with van der Waals surface area (Å²) in [4.78, 5) is 22.0. The lowest BCUT2D eigenvalue weighted by Gasteiger charge is -2.37. The van der Waals surface area contributed by atoms with Gasteiger partial charge >= 0.3 is 5.97 Å². The fourth-order valence-electron chi connectivity index (χ4n) is 3.32. The first-order chi connectivity index (χ1) is 10.3. The summed E-state index contributed by atoms with van der Waals surface area (Å²) in [5.74, 6) is -1.39. The first-order valence-corrected chi connectivity index (χ1v) is 9.73. The summed E-state index contributed by atoms with van der Waals surface area (Å²) in [6.45, 7) is 0. The summed E-state index contributed by atoms with van der Waals surface area (Å²) in [5.41, 5.74) is 5.24. The third-order valence-corrected chi connectivity index (χ3v) is 6.39. The number of aliphatic carboxylic acids is 1. The predicted octanol–water partition coefficient (Wildman–Crippen LogP) is 2.82. The van der Waals surface area contributed by atoms with Crippen molar-refractivity contribution in [2.24, 2.45) is 11.7 Å². The first-order valence-electron chi connectivity index (χ1n) is 7.70. The van der Waals surface area contributed by atoms with Crippen molar-refractivity contribution < 1.29 is 19.4 Å². The van der Waals surface area contributed by atoms with E-state index in [9.17, 15) is 19.4 Å². The van der Waals surface area contributed by atoms with Gasteiger partial charge in [0.05, 0.1) is 6.16 Å². The summed E-state index contributed by atoms with van der Waals surface area (Å²) in [7, 11) is -3.66. The molecule has 2 unspecified atom stereocenters. The van der Waals surface area contributed by atoms with Gasteiger partial charge in [-0.2, -0.15) is 0 Å². The summed E-state index contributed by atoms with van der Waals surface area (Å²) >= 11 is 0. The average molecular weight is 325 g/mol. The molecule has 0 heterocycles. The Morgan fingerprint density at radius 1 is 1.23 bits per heavy atom. The molecule has 122 valence electrons. The van der Waals surface area contributed by atoms with Crippen molar-refractivity contribution in [1.29, 1.82) is 0 Å². The van der Waals surface area contributed by atoms with Gasteiger partial charge in [-0.25, -0.2) is 0 Å². The standard InChI is InChI=1S/C16H24NO4P/c17-16(15(18)19,14-9-5-2-6-10-14)12-22(20,21)11-13-7-3-1-4-8-13/h1,3-4,7-8,14H,2,5-6,9-12,17H2,(H,18,19)(H,20,21). The minimum absolute atomic E-state index is 0.0349. The van der Waals surface area contributed by atoms with E-state index in [4.69, 9.17) is 5.73 Å². The van der Waals surface area contributed by atoms with Gasteiger partial charge in [0.15, 0.2) is 0 Å². The Kier molecular flexibility index (Phi) is 5.43. The van der Waals surface area contributed by atoms with Gasteiger partial charge < -0.3 is 15.7 Å². The molecule has 22 heavy (non-hydrogen) atoms. The van der Waals surface area contributed by atoms with Gasteiger partial charge in [0.2, 0.25) is 7.37 Å². The Morgan fingerprint density at radius 3 is 2.36 bits per heavy atom. The van der Waals surface area contributed by atoms with E-state index in [1.807, 2.05) is 6.07 Å². The van der Waals surface area contributed by atoms with Gasteiger partial charge in [-0.3, -0.25) is 9.36 Å². The van der Waals surface area contributed by atoms with E-state index in [1.165, 1.54) is 0 Å². The minimum Gasteiger partial charge on any atom is -0.480 e. The van der Waals surface area contributed by atoms with E-state index in [0.29, 0.717) is 12.8 Å². The molecule has 1 aromatic carbocycles. The number of hydrogen-bond acceptors (Lipinski definition) is 3. The van der Waals surface area contributed by atoms with Crippen LogP contribution in [0.2, 0.25) is 0 Å². The molecule has 1 aliphatic rings. The molecule has 0 bridgehead atoms. The Balaban J connectivity index is 2.15. The van der Waals surface area contributed by atoms with Crippen LogP contribution in [0.3, 0.4) is 0 Å². The van der Waals surface area contributed by atoms with E-state index in [0.717, 1.165) is 24.8 Å². The second-order valence-electron chi connectivity index (χ2n) is 6.33. The minimum atomic E-state index is -3.66. The SMILES string of the molecule is NC(CP(=O)(O)Cc1ccccc1)(C(=O)O)C1CCCCC1. The number of benzene rings is 1. The van der Waals surface area contributed by atoms with Crippen molar-refractivity contribution in [3.8, 4) is 0 Å². The van der Waals surface area contributed by atoms with Crippen molar-refractivity contribution in [2.75, 3.05) is 6.16 Å². The quantitative estimate of drug-likeness (QED) is 0.698. The van der Waals surface area contributed by atoms with Gasteiger partial charge in [0, 0.05) is 6.16 Å². The number of rotatable bonds is 6. The highest BCUT2D eigenvalue weighted by atomic mass is 31.2. The molecule has 0 spiro atoms. The molecule has 5 nitrogen and oxygen atoms in total. The predicted molar refractivity (Wildman–Crippen MR) is 86.0 cm³/mol. The second-order valence-corrected chi connectivity index (χ2v) is 8.65. The van der Waals surface area contributed by atoms with Crippen LogP contribution >= 0.6 is 7.37 Å². The second kappa shape index (κ2) is 6.95. The van der Waals surface area contributed by atoms with Crippen molar-refractivity contribution in [2.45, 2.75) is 43.8 Å². The lowest BCUT2D eigenvalue weighted by molar-refractivity contribution is -0.145. The zero-order chi connectivity index (χ0) is 16.2. The summed E-state index contributed by atoms with van der Waals surface area (Å²) < 4.78 is 12.6. The van der Waals surface area contributed by atoms with Crippen LogP contribution in [0.5, 0.6) is 0 Å². The highest BCUT2D eigenvalue weighted by Crippen LogP contribution is 2.49. The fourth-order valence-corrected chi connectivity index (χ4v) is 5.43. The lowest BCUT2D eigenvalue weighted by Crippen LogP contribution is -2.57. The highest BCUT2D eigenvalue weighted by Gasteiger charge is 2.47. The van der Waals surface area contributed by atoms with Gasteiger partial charge in [-0.15, -0.1) is 0 Å². The third-order valence-electron chi connectivity index (χ3n) is 4.51. The fraction of sp³-hybridized carbons (Fsp3) is 0.562. The molecule has 4 N–H and O–H groups in total. The molecule has 6 heteroatoms. The average Bonchev–Trinajstić information content (AvgIpc) is 2.48. The van der Waals surface area contributed by atoms with E-state index in [2.05, 4.69) is 0 Å². The molecule has 2 rings (SSSR count). The Morgan fingerprint density at radius 2 is 1.82 bits per heavy atom. The number of hydrogen-bond donors (Lipinski definition) is 3. The smallest absolute Gasteiger partial charge is 0.324 e. The monoisotopic (exact) mass is 325 g/mol. The topological polar surface area (TPSA) is 101 Å². The maximum absolute atomic E-state index is 12.6. The highest BCUT2D eigenvalue weighted by molar-refractivity contribution is 7.57. The molecule has 1 fully saturated rings. The molecule has 1 aliphatic carbocycles. The van der Waals surface area contributed by atoms with Crippen molar-refractivity contribution in [1.82, 2.24) is 0 Å². The van der Waals surface area contributed by atoms with Crippen LogP contribution in [-0.2, 0) is 15.5 Å². The van der Waals surface area contributed by atoms with Crippen molar-refractivity contribution in [3.63, 3.8) is 0 Å². The maximum Gasteiger partial charge on any atom is 0.324 e. The summed E-state index contributed by atoms with van der Waals surface area (Å²) in [6, 6.07) is 8.95. The lowest BCUT2D eigenvalue weighted by atomic mass is 9.76. The van der Waals surface area contributed by atoms with Crippen molar-refractivity contribution >= 4 is 13.3 Å².